The van der Waals surface area contributed by atoms with Crippen LogP contribution in [0.25, 0.3) is 0 Å². The number of hydrazone groups is 1. The van der Waals surface area contributed by atoms with Crippen LogP contribution < -0.4 is 5.43 Å². The lowest BCUT2D eigenvalue weighted by Crippen LogP contribution is -2.20. The Morgan fingerprint density at radius 1 is 1.52 bits per heavy atom. The first-order chi connectivity index (χ1) is 10.1. The van der Waals surface area contributed by atoms with Crippen molar-refractivity contribution >= 4 is 46.4 Å². The van der Waals surface area contributed by atoms with Crippen molar-refractivity contribution < 1.29 is 4.79 Å². The summed E-state index contributed by atoms with van der Waals surface area (Å²) in [6.45, 7) is 2.26. The average Bonchev–Trinajstić information content (AvgIpc) is 3.04. The third-order valence-corrected chi connectivity index (χ3v) is 5.82. The summed E-state index contributed by atoms with van der Waals surface area (Å²) in [6.07, 6.45) is 4.85. The van der Waals surface area contributed by atoms with Gasteiger partial charge >= 0.3 is 0 Å². The summed E-state index contributed by atoms with van der Waals surface area (Å²) in [7, 11) is 0. The predicted octanol–water partition coefficient (Wildman–Crippen LogP) is 4.35. The van der Waals surface area contributed by atoms with Crippen molar-refractivity contribution in [2.24, 2.45) is 11.0 Å². The summed E-state index contributed by atoms with van der Waals surface area (Å²) in [5.74, 6) is 0.592. The van der Waals surface area contributed by atoms with Crippen molar-refractivity contribution in [3.8, 4) is 0 Å². The van der Waals surface area contributed by atoms with Gasteiger partial charge in [0.15, 0.2) is 0 Å². The smallest absolute Gasteiger partial charge is 0.267 e. The molecule has 3 nitrogen and oxygen atoms in total. The van der Waals surface area contributed by atoms with Gasteiger partial charge in [-0.1, -0.05) is 18.5 Å². The molecule has 3 rings (SSSR count). The molecule has 0 radical (unpaired) electrons. The normalized spacial score (nSPS) is 17.9. The molecule has 1 atom stereocenters. The molecule has 110 valence electrons. The molecule has 2 heterocycles. The van der Waals surface area contributed by atoms with Gasteiger partial charge in [0.25, 0.3) is 5.91 Å². The van der Waals surface area contributed by atoms with E-state index in [1.54, 1.807) is 17.6 Å². The highest BCUT2D eigenvalue weighted by Crippen LogP contribution is 2.32. The quantitative estimate of drug-likeness (QED) is 0.656. The Labute approximate surface area is 136 Å². The van der Waals surface area contributed by atoms with E-state index in [0.29, 0.717) is 10.3 Å². The van der Waals surface area contributed by atoms with Crippen molar-refractivity contribution in [1.29, 1.82) is 0 Å². The van der Waals surface area contributed by atoms with E-state index in [1.165, 1.54) is 21.8 Å². The first-order valence-corrected chi connectivity index (χ1v) is 8.89. The van der Waals surface area contributed by atoms with E-state index in [9.17, 15) is 4.79 Å². The number of hydrogen-bond acceptors (Lipinski definition) is 4. The van der Waals surface area contributed by atoms with Gasteiger partial charge in [0.2, 0.25) is 0 Å². The Bertz CT molecular complexity index is 690. The average molecular weight is 339 g/mol. The Morgan fingerprint density at radius 2 is 2.38 bits per heavy atom. The van der Waals surface area contributed by atoms with Crippen LogP contribution in [0.5, 0.6) is 0 Å². The third kappa shape index (κ3) is 3.36. The Morgan fingerprint density at radius 3 is 3.14 bits per heavy atom. The van der Waals surface area contributed by atoms with Crippen LogP contribution in [0.4, 0.5) is 0 Å². The van der Waals surface area contributed by atoms with E-state index in [-0.39, 0.29) is 5.91 Å². The number of fused-ring (bicyclic) bond motifs is 1. The monoisotopic (exact) mass is 338 g/mol. The Kier molecular flexibility index (Phi) is 4.42. The van der Waals surface area contributed by atoms with Gasteiger partial charge in [-0.2, -0.15) is 5.10 Å². The van der Waals surface area contributed by atoms with E-state index >= 15 is 0 Å². The molecule has 0 unspecified atom stereocenters. The topological polar surface area (TPSA) is 41.5 Å². The van der Waals surface area contributed by atoms with E-state index in [4.69, 9.17) is 11.6 Å². The molecule has 21 heavy (non-hydrogen) atoms. The van der Waals surface area contributed by atoms with Gasteiger partial charge in [0, 0.05) is 15.1 Å². The summed E-state index contributed by atoms with van der Waals surface area (Å²) in [6, 6.07) is 3.68. The fraction of sp³-hybridized carbons (Fsp3) is 0.333. The van der Waals surface area contributed by atoms with Crippen molar-refractivity contribution in [2.45, 2.75) is 26.2 Å². The lowest BCUT2D eigenvalue weighted by Gasteiger charge is -2.18. The SMILES string of the molecule is C[C@@H]1CCc2c(C(=O)N/N=C\c3ccc(Cl)s3)csc2C1. The Balaban J connectivity index is 1.67. The number of thiophene rings is 2. The van der Waals surface area contributed by atoms with Gasteiger partial charge in [0.1, 0.15) is 0 Å². The second kappa shape index (κ2) is 6.30. The number of hydrogen-bond donors (Lipinski definition) is 1. The van der Waals surface area contributed by atoms with Crippen LogP contribution in [0.15, 0.2) is 22.6 Å². The van der Waals surface area contributed by atoms with Gasteiger partial charge in [-0.15, -0.1) is 22.7 Å². The summed E-state index contributed by atoms with van der Waals surface area (Å²) < 4.78 is 0.712. The minimum atomic E-state index is -0.124. The lowest BCUT2D eigenvalue weighted by atomic mass is 9.88. The molecule has 0 bridgehead atoms. The zero-order valence-electron chi connectivity index (χ0n) is 11.6. The van der Waals surface area contributed by atoms with Crippen LogP contribution in [0.2, 0.25) is 4.34 Å². The molecular weight excluding hydrogens is 324 g/mol. The van der Waals surface area contributed by atoms with E-state index in [0.717, 1.165) is 29.7 Å². The minimum absolute atomic E-state index is 0.124. The van der Waals surface area contributed by atoms with Gasteiger partial charge in [0.05, 0.1) is 16.1 Å². The van der Waals surface area contributed by atoms with E-state index in [1.807, 2.05) is 17.5 Å². The number of rotatable bonds is 3. The zero-order chi connectivity index (χ0) is 14.8. The molecule has 0 saturated carbocycles. The van der Waals surface area contributed by atoms with Crippen LogP contribution in [-0.4, -0.2) is 12.1 Å². The molecule has 0 spiro atoms. The van der Waals surface area contributed by atoms with Crippen molar-refractivity contribution in [1.82, 2.24) is 5.43 Å². The third-order valence-electron chi connectivity index (χ3n) is 3.60. The number of nitrogens with one attached hydrogen (secondary N) is 1. The molecule has 0 aliphatic heterocycles. The van der Waals surface area contributed by atoms with Crippen molar-refractivity contribution in [2.75, 3.05) is 0 Å². The number of carbonyl (C=O) groups is 1. The minimum Gasteiger partial charge on any atom is -0.267 e. The highest BCUT2D eigenvalue weighted by Gasteiger charge is 2.22. The fourth-order valence-electron chi connectivity index (χ4n) is 2.48. The van der Waals surface area contributed by atoms with Crippen LogP contribution in [0.1, 0.15) is 39.0 Å². The maximum atomic E-state index is 12.2. The van der Waals surface area contributed by atoms with Crippen LogP contribution in [-0.2, 0) is 12.8 Å². The van der Waals surface area contributed by atoms with E-state index < -0.39 is 0 Å². The zero-order valence-corrected chi connectivity index (χ0v) is 13.9. The molecule has 1 aliphatic carbocycles. The highest BCUT2D eigenvalue weighted by molar-refractivity contribution is 7.17. The molecule has 1 aliphatic rings. The predicted molar refractivity (Wildman–Crippen MR) is 89.9 cm³/mol. The number of amides is 1. The van der Waals surface area contributed by atoms with Crippen molar-refractivity contribution in [3.63, 3.8) is 0 Å². The molecule has 2 aromatic heterocycles. The van der Waals surface area contributed by atoms with Gasteiger partial charge in [-0.25, -0.2) is 5.43 Å². The van der Waals surface area contributed by atoms with Crippen molar-refractivity contribution in [3.05, 3.63) is 42.7 Å². The summed E-state index contributed by atoms with van der Waals surface area (Å²) in [4.78, 5) is 14.5. The van der Waals surface area contributed by atoms with Crippen LogP contribution >= 0.6 is 34.3 Å². The summed E-state index contributed by atoms with van der Waals surface area (Å²) in [5.41, 5.74) is 4.60. The summed E-state index contributed by atoms with van der Waals surface area (Å²) in [5, 5.41) is 5.96. The highest BCUT2D eigenvalue weighted by atomic mass is 35.5. The first-order valence-electron chi connectivity index (χ1n) is 6.81. The molecule has 6 heteroatoms. The number of halogens is 1. The molecule has 2 aromatic rings. The standard InChI is InChI=1S/C15H15ClN2OS2/c1-9-2-4-11-12(8-20-13(11)6-9)15(19)18-17-7-10-3-5-14(16)21-10/h3,5,7-9H,2,4,6H2,1H3,(H,18,19)/b17-7-/t9-/m1/s1. The summed E-state index contributed by atoms with van der Waals surface area (Å²) >= 11 is 8.96. The Hall–Kier alpha value is -1.17. The van der Waals surface area contributed by atoms with Crippen LogP contribution in [0, 0.1) is 5.92 Å². The molecule has 0 saturated heterocycles. The lowest BCUT2D eigenvalue weighted by molar-refractivity contribution is 0.0954. The second-order valence-corrected chi connectivity index (χ2v) is 7.95. The molecule has 0 aromatic carbocycles. The van der Waals surface area contributed by atoms with Gasteiger partial charge in [-0.3, -0.25) is 4.79 Å². The number of nitrogens with zero attached hydrogens (tertiary/aromatic N) is 1. The fourth-order valence-corrected chi connectivity index (χ4v) is 4.66. The number of carbonyl (C=O) groups excluding carboxylic acids is 1. The molecular formula is C15H15ClN2OS2. The van der Waals surface area contributed by atoms with E-state index in [2.05, 4.69) is 17.5 Å². The maximum Gasteiger partial charge on any atom is 0.272 e. The van der Waals surface area contributed by atoms with Crippen LogP contribution in [0.3, 0.4) is 0 Å². The van der Waals surface area contributed by atoms with Gasteiger partial charge in [-0.05, 0) is 42.9 Å². The largest absolute Gasteiger partial charge is 0.272 e. The second-order valence-electron chi connectivity index (χ2n) is 5.24. The first kappa shape index (κ1) is 14.8. The van der Waals surface area contributed by atoms with Gasteiger partial charge < -0.3 is 0 Å². The molecule has 1 amide bonds. The maximum absolute atomic E-state index is 12.2. The molecule has 1 N–H and O–H groups in total. The molecule has 0 fully saturated rings.